The van der Waals surface area contributed by atoms with Gasteiger partial charge in [-0.3, -0.25) is 0 Å². The predicted octanol–water partition coefficient (Wildman–Crippen LogP) is 3.80. The Hall–Kier alpha value is -3.35. The van der Waals surface area contributed by atoms with Crippen molar-refractivity contribution in [1.82, 2.24) is 15.6 Å². The van der Waals surface area contributed by atoms with Crippen LogP contribution in [0.5, 0.6) is 17.2 Å². The van der Waals surface area contributed by atoms with Gasteiger partial charge in [-0.1, -0.05) is 18.2 Å². The van der Waals surface area contributed by atoms with Gasteiger partial charge in [0.2, 0.25) is 5.75 Å². The van der Waals surface area contributed by atoms with Gasteiger partial charge >= 0.3 is 0 Å². The maximum Gasteiger partial charge on any atom is 0.203 e. The Balaban J connectivity index is 1.68. The molecule has 2 aromatic carbocycles. The molecule has 0 amide bonds. The molecule has 0 saturated heterocycles. The molecular formula is C24H32N4O3. The van der Waals surface area contributed by atoms with E-state index in [-0.39, 0.29) is 0 Å². The number of hydrogen-bond acceptors (Lipinski definition) is 4. The van der Waals surface area contributed by atoms with Crippen LogP contribution in [0.3, 0.4) is 0 Å². The molecule has 3 rings (SSSR count). The number of aryl methyl sites for hydroxylation is 1. The lowest BCUT2D eigenvalue weighted by Crippen LogP contribution is -2.38. The molecule has 7 heteroatoms. The van der Waals surface area contributed by atoms with Gasteiger partial charge in [0.05, 0.1) is 27.9 Å². The first-order chi connectivity index (χ1) is 15.1. The van der Waals surface area contributed by atoms with Gasteiger partial charge in [0.25, 0.3) is 0 Å². The number of H-pyrrole nitrogens is 1. The summed E-state index contributed by atoms with van der Waals surface area (Å²) < 4.78 is 16.3. The molecule has 3 aromatic rings. The number of aromatic nitrogens is 1. The van der Waals surface area contributed by atoms with Crippen molar-refractivity contribution >= 4 is 16.9 Å². The molecule has 0 aliphatic rings. The topological polar surface area (TPSA) is 79.9 Å². The second-order valence-electron chi connectivity index (χ2n) is 7.22. The number of para-hydroxylation sites is 1. The highest BCUT2D eigenvalue weighted by Gasteiger charge is 2.13. The molecule has 0 radical (unpaired) electrons. The van der Waals surface area contributed by atoms with E-state index in [1.54, 1.807) is 21.3 Å². The monoisotopic (exact) mass is 424 g/mol. The third-order valence-electron chi connectivity index (χ3n) is 5.18. The van der Waals surface area contributed by atoms with Gasteiger partial charge in [0.15, 0.2) is 17.5 Å². The SMILES string of the molecule is CCNC(=NCc1cc(OC)c(OC)c(OC)c1)NCCc1c[nH]c2c(C)cccc12. The summed E-state index contributed by atoms with van der Waals surface area (Å²) in [4.78, 5) is 8.11. The van der Waals surface area contributed by atoms with Crippen molar-refractivity contribution < 1.29 is 14.2 Å². The number of rotatable bonds is 9. The molecular weight excluding hydrogens is 392 g/mol. The summed E-state index contributed by atoms with van der Waals surface area (Å²) in [6.07, 6.45) is 3.00. The molecule has 0 spiro atoms. The summed E-state index contributed by atoms with van der Waals surface area (Å²) in [5.74, 6) is 2.60. The number of methoxy groups -OCH3 is 3. The maximum absolute atomic E-state index is 5.44. The van der Waals surface area contributed by atoms with Crippen LogP contribution in [0.2, 0.25) is 0 Å². The Morgan fingerprint density at radius 3 is 2.42 bits per heavy atom. The van der Waals surface area contributed by atoms with E-state index in [9.17, 15) is 0 Å². The zero-order chi connectivity index (χ0) is 22.2. The van der Waals surface area contributed by atoms with Crippen LogP contribution >= 0.6 is 0 Å². The minimum absolute atomic E-state index is 0.484. The third kappa shape index (κ3) is 5.23. The van der Waals surface area contributed by atoms with E-state index in [1.165, 1.54) is 22.0 Å². The van der Waals surface area contributed by atoms with Crippen molar-refractivity contribution in [2.75, 3.05) is 34.4 Å². The predicted molar refractivity (Wildman–Crippen MR) is 126 cm³/mol. The molecule has 7 nitrogen and oxygen atoms in total. The van der Waals surface area contributed by atoms with Crippen molar-refractivity contribution in [1.29, 1.82) is 0 Å². The number of ether oxygens (including phenoxy) is 3. The first-order valence-electron chi connectivity index (χ1n) is 10.5. The highest BCUT2D eigenvalue weighted by Crippen LogP contribution is 2.38. The number of nitrogens with one attached hydrogen (secondary N) is 3. The fraction of sp³-hybridized carbons (Fsp3) is 0.375. The number of nitrogens with zero attached hydrogens (tertiary/aromatic N) is 1. The van der Waals surface area contributed by atoms with E-state index in [0.29, 0.717) is 23.8 Å². The van der Waals surface area contributed by atoms with Crippen LogP contribution in [0.4, 0.5) is 0 Å². The second kappa shape index (κ2) is 10.6. The molecule has 0 atom stereocenters. The van der Waals surface area contributed by atoms with Crippen LogP contribution in [0.15, 0.2) is 41.5 Å². The number of aromatic amines is 1. The van der Waals surface area contributed by atoms with Gasteiger partial charge in [-0.2, -0.15) is 0 Å². The van der Waals surface area contributed by atoms with Crippen LogP contribution < -0.4 is 24.8 Å². The third-order valence-corrected chi connectivity index (χ3v) is 5.18. The summed E-state index contributed by atoms with van der Waals surface area (Å²) in [6, 6.07) is 10.2. The number of benzene rings is 2. The van der Waals surface area contributed by atoms with Gasteiger partial charge in [-0.05, 0) is 49.1 Å². The average molecular weight is 425 g/mol. The Morgan fingerprint density at radius 2 is 1.77 bits per heavy atom. The Bertz CT molecular complexity index is 1020. The summed E-state index contributed by atoms with van der Waals surface area (Å²) in [7, 11) is 4.82. The molecule has 31 heavy (non-hydrogen) atoms. The fourth-order valence-electron chi connectivity index (χ4n) is 3.63. The van der Waals surface area contributed by atoms with Crippen molar-refractivity contribution in [3.8, 4) is 17.2 Å². The lowest BCUT2D eigenvalue weighted by Gasteiger charge is -2.14. The van der Waals surface area contributed by atoms with Crippen molar-refractivity contribution in [2.45, 2.75) is 26.8 Å². The van der Waals surface area contributed by atoms with Crippen LogP contribution in [-0.4, -0.2) is 45.4 Å². The molecule has 1 heterocycles. The highest BCUT2D eigenvalue weighted by atomic mass is 16.5. The van der Waals surface area contributed by atoms with E-state index in [1.807, 2.05) is 12.1 Å². The molecule has 0 aliphatic carbocycles. The number of hydrogen-bond donors (Lipinski definition) is 3. The Morgan fingerprint density at radius 1 is 1.03 bits per heavy atom. The average Bonchev–Trinajstić information content (AvgIpc) is 3.21. The number of guanidine groups is 1. The summed E-state index contributed by atoms with van der Waals surface area (Å²) >= 11 is 0. The maximum atomic E-state index is 5.44. The molecule has 0 bridgehead atoms. The molecule has 0 aliphatic heterocycles. The van der Waals surface area contributed by atoms with Gasteiger partial charge in [0, 0.05) is 30.2 Å². The molecule has 1 aromatic heterocycles. The summed E-state index contributed by atoms with van der Waals surface area (Å²) in [5.41, 5.74) is 4.74. The molecule has 166 valence electrons. The minimum Gasteiger partial charge on any atom is -0.493 e. The molecule has 0 saturated carbocycles. The zero-order valence-electron chi connectivity index (χ0n) is 19.0. The molecule has 0 unspecified atom stereocenters. The van der Waals surface area contributed by atoms with Crippen LogP contribution in [0.1, 0.15) is 23.6 Å². The van der Waals surface area contributed by atoms with Crippen LogP contribution in [-0.2, 0) is 13.0 Å². The first-order valence-corrected chi connectivity index (χ1v) is 10.5. The smallest absolute Gasteiger partial charge is 0.203 e. The summed E-state index contributed by atoms with van der Waals surface area (Å²) in [6.45, 7) is 6.23. The normalized spacial score (nSPS) is 11.5. The van der Waals surface area contributed by atoms with E-state index in [4.69, 9.17) is 19.2 Å². The Kier molecular flexibility index (Phi) is 7.65. The molecule has 3 N–H and O–H groups in total. The van der Waals surface area contributed by atoms with Gasteiger partial charge in [-0.15, -0.1) is 0 Å². The van der Waals surface area contributed by atoms with Crippen LogP contribution in [0, 0.1) is 6.92 Å². The second-order valence-corrected chi connectivity index (χ2v) is 7.22. The van der Waals surface area contributed by atoms with Gasteiger partial charge in [0.1, 0.15) is 0 Å². The van der Waals surface area contributed by atoms with Crippen molar-refractivity contribution in [3.05, 3.63) is 53.2 Å². The quantitative estimate of drug-likeness (QED) is 0.360. The van der Waals surface area contributed by atoms with Gasteiger partial charge in [-0.25, -0.2) is 4.99 Å². The Labute approximate surface area is 183 Å². The van der Waals surface area contributed by atoms with E-state index >= 15 is 0 Å². The zero-order valence-corrected chi connectivity index (χ0v) is 19.0. The highest BCUT2D eigenvalue weighted by molar-refractivity contribution is 5.86. The number of fused-ring (bicyclic) bond motifs is 1. The van der Waals surface area contributed by atoms with E-state index < -0.39 is 0 Å². The van der Waals surface area contributed by atoms with Crippen molar-refractivity contribution in [2.24, 2.45) is 4.99 Å². The fourth-order valence-corrected chi connectivity index (χ4v) is 3.63. The van der Waals surface area contributed by atoms with E-state index in [0.717, 1.165) is 31.0 Å². The summed E-state index contributed by atoms with van der Waals surface area (Å²) in [5, 5.41) is 8.01. The minimum atomic E-state index is 0.484. The lowest BCUT2D eigenvalue weighted by atomic mass is 10.1. The number of aliphatic imine (C=N–C) groups is 1. The first kappa shape index (κ1) is 22.3. The van der Waals surface area contributed by atoms with Crippen molar-refractivity contribution in [3.63, 3.8) is 0 Å². The standard InChI is InChI=1S/C24H32N4O3/c1-6-25-24(26-11-10-18-15-27-22-16(2)8-7-9-19(18)22)28-14-17-12-20(29-3)23(31-5)21(13-17)30-4/h7-9,12-13,15,27H,6,10-11,14H2,1-5H3,(H2,25,26,28). The van der Waals surface area contributed by atoms with Gasteiger partial charge < -0.3 is 29.8 Å². The molecule has 0 fully saturated rings. The lowest BCUT2D eigenvalue weighted by molar-refractivity contribution is 0.324. The van der Waals surface area contributed by atoms with E-state index in [2.05, 4.69) is 53.9 Å². The van der Waals surface area contributed by atoms with Crippen LogP contribution in [0.25, 0.3) is 10.9 Å². The largest absolute Gasteiger partial charge is 0.493 e.